The lowest BCUT2D eigenvalue weighted by atomic mass is 10.1. The number of carbonyl (C=O) groups excluding carboxylic acids is 1. The molecule has 5 nitrogen and oxygen atoms in total. The molecule has 0 spiro atoms. The highest BCUT2D eigenvalue weighted by molar-refractivity contribution is 9.10. The number of carbonyl (C=O) groups is 1. The van der Waals surface area contributed by atoms with Gasteiger partial charge in [-0.3, -0.25) is 4.79 Å². The Labute approximate surface area is 253 Å². The fraction of sp³-hybridized carbons (Fsp3) is 0.0857. The summed E-state index contributed by atoms with van der Waals surface area (Å²) in [4.78, 5) is 12.8. The first kappa shape index (κ1) is 28.8. The van der Waals surface area contributed by atoms with Crippen molar-refractivity contribution in [1.82, 2.24) is 9.99 Å². The molecule has 5 rings (SSSR count). The number of ether oxygens (including phenoxy) is 1. The third-order valence-electron chi connectivity index (χ3n) is 6.69. The van der Waals surface area contributed by atoms with E-state index in [0.717, 1.165) is 43.8 Å². The predicted octanol–water partition coefficient (Wildman–Crippen LogP) is 8.43. The van der Waals surface area contributed by atoms with Crippen LogP contribution in [0.1, 0.15) is 32.7 Å². The topological polar surface area (TPSA) is 55.6 Å². The third-order valence-corrected chi connectivity index (χ3v) is 7.28. The Morgan fingerprint density at radius 1 is 1.00 bits per heavy atom. The van der Waals surface area contributed by atoms with E-state index in [1.54, 1.807) is 30.5 Å². The van der Waals surface area contributed by atoms with Crippen molar-refractivity contribution in [1.29, 1.82) is 0 Å². The molecular formula is C35H29BrFN3O2. The second-order valence-electron chi connectivity index (χ2n) is 9.71. The molecule has 0 atom stereocenters. The number of amides is 1. The van der Waals surface area contributed by atoms with Crippen LogP contribution >= 0.6 is 15.9 Å². The highest BCUT2D eigenvalue weighted by Crippen LogP contribution is 2.32. The Balaban J connectivity index is 1.27. The summed E-state index contributed by atoms with van der Waals surface area (Å²) in [6, 6.07) is 31.9. The number of rotatable bonds is 10. The van der Waals surface area contributed by atoms with Gasteiger partial charge in [-0.1, -0.05) is 48.5 Å². The number of hydrogen-bond acceptors (Lipinski definition) is 3. The van der Waals surface area contributed by atoms with Crippen molar-refractivity contribution >= 4 is 28.1 Å². The minimum atomic E-state index is -0.314. The Morgan fingerprint density at radius 2 is 1.79 bits per heavy atom. The molecule has 1 amide bonds. The van der Waals surface area contributed by atoms with Crippen LogP contribution in [-0.2, 0) is 13.0 Å². The SMILES string of the molecule is C=CCc1cc(/C=N/NC(=O)c2ccc(-n3c(C)ccc3-c3ccccc3)cc2)cc(Br)c1OCc1cccc(F)c1. The van der Waals surface area contributed by atoms with E-state index in [1.807, 2.05) is 48.5 Å². The Bertz CT molecular complexity index is 1740. The largest absolute Gasteiger partial charge is 0.487 e. The summed E-state index contributed by atoms with van der Waals surface area (Å²) in [5.74, 6) is 0.0266. The molecule has 0 unspecified atom stereocenters. The van der Waals surface area contributed by atoms with E-state index >= 15 is 0 Å². The van der Waals surface area contributed by atoms with Crippen molar-refractivity contribution in [2.75, 3.05) is 0 Å². The van der Waals surface area contributed by atoms with Crippen molar-refractivity contribution in [3.8, 4) is 22.7 Å². The van der Waals surface area contributed by atoms with Crippen LogP contribution in [0.2, 0.25) is 0 Å². The van der Waals surface area contributed by atoms with Crippen LogP contribution < -0.4 is 10.2 Å². The van der Waals surface area contributed by atoms with Crippen LogP contribution in [0.3, 0.4) is 0 Å². The Kier molecular flexibility index (Phi) is 9.09. The van der Waals surface area contributed by atoms with E-state index in [4.69, 9.17) is 4.74 Å². The molecular weight excluding hydrogens is 593 g/mol. The van der Waals surface area contributed by atoms with Gasteiger partial charge in [-0.15, -0.1) is 6.58 Å². The van der Waals surface area contributed by atoms with E-state index in [9.17, 15) is 9.18 Å². The van der Waals surface area contributed by atoms with Gasteiger partial charge in [0.15, 0.2) is 0 Å². The van der Waals surface area contributed by atoms with Gasteiger partial charge in [-0.05, 0) is 112 Å². The van der Waals surface area contributed by atoms with Gasteiger partial charge in [-0.25, -0.2) is 9.82 Å². The van der Waals surface area contributed by atoms with Gasteiger partial charge in [0, 0.05) is 16.9 Å². The number of aryl methyl sites for hydroxylation is 1. The van der Waals surface area contributed by atoms with E-state index in [1.165, 1.54) is 12.1 Å². The lowest BCUT2D eigenvalue weighted by Gasteiger charge is -2.14. The molecule has 0 bridgehead atoms. The van der Waals surface area contributed by atoms with Crippen LogP contribution in [0.25, 0.3) is 16.9 Å². The minimum absolute atomic E-state index is 0.222. The van der Waals surface area contributed by atoms with Gasteiger partial charge < -0.3 is 9.30 Å². The van der Waals surface area contributed by atoms with Crippen LogP contribution in [0.15, 0.2) is 125 Å². The normalized spacial score (nSPS) is 11.0. The molecule has 1 heterocycles. The number of allylic oxidation sites excluding steroid dienone is 1. The first-order valence-corrected chi connectivity index (χ1v) is 14.2. The average molecular weight is 623 g/mol. The summed E-state index contributed by atoms with van der Waals surface area (Å²) in [6.07, 6.45) is 3.92. The van der Waals surface area contributed by atoms with E-state index in [-0.39, 0.29) is 18.3 Å². The van der Waals surface area contributed by atoms with Crippen molar-refractivity contribution < 1.29 is 13.9 Å². The molecule has 0 fully saturated rings. The third kappa shape index (κ3) is 6.75. The second kappa shape index (κ2) is 13.3. The fourth-order valence-electron chi connectivity index (χ4n) is 4.71. The van der Waals surface area contributed by atoms with E-state index in [2.05, 4.69) is 68.8 Å². The van der Waals surface area contributed by atoms with Crippen molar-refractivity contribution in [3.63, 3.8) is 0 Å². The quantitative estimate of drug-likeness (QED) is 0.0966. The fourth-order valence-corrected chi connectivity index (χ4v) is 5.34. The number of benzene rings is 4. The molecule has 0 saturated heterocycles. The van der Waals surface area contributed by atoms with Crippen LogP contribution in [0.4, 0.5) is 4.39 Å². The number of nitrogens with zero attached hydrogens (tertiary/aromatic N) is 2. The van der Waals surface area contributed by atoms with Gasteiger partial charge in [0.1, 0.15) is 18.2 Å². The van der Waals surface area contributed by atoms with Gasteiger partial charge in [0.2, 0.25) is 0 Å². The molecule has 1 aromatic heterocycles. The van der Waals surface area contributed by atoms with Crippen molar-refractivity contribution in [2.24, 2.45) is 5.10 Å². The highest BCUT2D eigenvalue weighted by atomic mass is 79.9. The predicted molar refractivity (Wildman–Crippen MR) is 170 cm³/mol. The van der Waals surface area contributed by atoms with Crippen LogP contribution in [0.5, 0.6) is 5.75 Å². The molecule has 210 valence electrons. The molecule has 1 N–H and O–H groups in total. The zero-order valence-corrected chi connectivity index (χ0v) is 24.6. The van der Waals surface area contributed by atoms with E-state index < -0.39 is 0 Å². The van der Waals surface area contributed by atoms with Gasteiger partial charge in [0.25, 0.3) is 5.91 Å². The maximum absolute atomic E-state index is 13.5. The summed E-state index contributed by atoms with van der Waals surface area (Å²) >= 11 is 3.58. The molecule has 5 aromatic rings. The van der Waals surface area contributed by atoms with Crippen molar-refractivity contribution in [3.05, 3.63) is 154 Å². The summed E-state index contributed by atoms with van der Waals surface area (Å²) in [7, 11) is 0. The maximum atomic E-state index is 13.5. The van der Waals surface area contributed by atoms with Gasteiger partial charge in [0.05, 0.1) is 16.4 Å². The minimum Gasteiger partial charge on any atom is -0.487 e. The molecule has 0 aliphatic carbocycles. The molecule has 0 aliphatic heterocycles. The molecule has 4 aromatic carbocycles. The summed E-state index contributed by atoms with van der Waals surface area (Å²) in [5, 5.41) is 4.17. The van der Waals surface area contributed by atoms with Crippen LogP contribution in [0, 0.1) is 12.7 Å². The number of aromatic nitrogens is 1. The lowest BCUT2D eigenvalue weighted by Crippen LogP contribution is -2.17. The zero-order chi connectivity index (χ0) is 29.5. The number of nitrogens with one attached hydrogen (secondary N) is 1. The Morgan fingerprint density at radius 3 is 2.52 bits per heavy atom. The Hall–Kier alpha value is -4.75. The molecule has 0 saturated carbocycles. The van der Waals surface area contributed by atoms with E-state index in [0.29, 0.717) is 17.7 Å². The summed E-state index contributed by atoms with van der Waals surface area (Å²) in [5.41, 5.74) is 9.76. The molecule has 42 heavy (non-hydrogen) atoms. The average Bonchev–Trinajstić information content (AvgIpc) is 3.38. The maximum Gasteiger partial charge on any atom is 0.271 e. The monoisotopic (exact) mass is 621 g/mol. The first-order valence-electron chi connectivity index (χ1n) is 13.4. The van der Waals surface area contributed by atoms with Crippen LogP contribution in [-0.4, -0.2) is 16.7 Å². The zero-order valence-electron chi connectivity index (χ0n) is 23.1. The number of hydrazone groups is 1. The second-order valence-corrected chi connectivity index (χ2v) is 10.6. The lowest BCUT2D eigenvalue weighted by molar-refractivity contribution is 0.0955. The number of hydrogen-bond donors (Lipinski definition) is 1. The van der Waals surface area contributed by atoms with Gasteiger partial charge >= 0.3 is 0 Å². The first-order chi connectivity index (χ1) is 20.4. The summed E-state index contributed by atoms with van der Waals surface area (Å²) in [6.45, 7) is 6.12. The van der Waals surface area contributed by atoms with Gasteiger partial charge in [-0.2, -0.15) is 5.10 Å². The highest BCUT2D eigenvalue weighted by Gasteiger charge is 2.12. The smallest absolute Gasteiger partial charge is 0.271 e. The van der Waals surface area contributed by atoms with Crippen molar-refractivity contribution in [2.45, 2.75) is 20.0 Å². The molecule has 7 heteroatoms. The number of halogens is 2. The standard InChI is InChI=1S/C35H29BrFN3O2/c1-3-8-29-19-26(21-32(36)34(29)42-23-25-9-7-12-30(37)20-25)22-38-39-35(41)28-14-16-31(17-15-28)40-24(2)13-18-33(40)27-10-5-4-6-11-27/h3-7,9-22H,1,8,23H2,2H3,(H,39,41)/b38-22+. The molecule has 0 radical (unpaired) electrons. The molecule has 0 aliphatic rings. The summed E-state index contributed by atoms with van der Waals surface area (Å²) < 4.78 is 22.4.